The lowest BCUT2D eigenvalue weighted by Gasteiger charge is -2.12. The molecule has 0 saturated heterocycles. The third-order valence-corrected chi connectivity index (χ3v) is 3.56. The van der Waals surface area contributed by atoms with E-state index >= 15 is 0 Å². The van der Waals surface area contributed by atoms with Crippen LogP contribution in [0.25, 0.3) is 0 Å². The first-order valence-corrected chi connectivity index (χ1v) is 7.92. The lowest BCUT2D eigenvalue weighted by Crippen LogP contribution is -2.17. The maximum atomic E-state index is 12.4. The van der Waals surface area contributed by atoms with E-state index in [4.69, 9.17) is 20.5 Å². The molecule has 1 aromatic heterocycles. The molecule has 4 N–H and O–H groups in total. The molecule has 26 heavy (non-hydrogen) atoms. The second-order valence-electron chi connectivity index (χ2n) is 5.35. The number of ether oxygens (including phenoxy) is 2. The van der Waals surface area contributed by atoms with E-state index in [1.165, 1.54) is 13.2 Å². The number of nitriles is 1. The number of amides is 1. The average Bonchev–Trinajstić information content (AvgIpc) is 2.61. The van der Waals surface area contributed by atoms with Crippen molar-refractivity contribution >= 4 is 17.4 Å². The minimum atomic E-state index is -0.350. The Balaban J connectivity index is 2.22. The molecule has 1 aromatic carbocycles. The number of nitrogens with two attached hydrogens (primary N) is 1. The first-order chi connectivity index (χ1) is 12.5. The number of hydrogen-bond donors (Lipinski definition) is 3. The van der Waals surface area contributed by atoms with Crippen LogP contribution in [0.3, 0.4) is 0 Å². The number of aliphatic hydroxyl groups is 1. The number of aromatic nitrogens is 1. The molecule has 0 radical (unpaired) electrons. The highest BCUT2D eigenvalue weighted by atomic mass is 16.5. The molecule has 0 fully saturated rings. The van der Waals surface area contributed by atoms with Gasteiger partial charge >= 0.3 is 0 Å². The molecule has 136 valence electrons. The summed E-state index contributed by atoms with van der Waals surface area (Å²) in [6, 6.07) is 8.45. The lowest BCUT2D eigenvalue weighted by atomic mass is 10.1. The lowest BCUT2D eigenvalue weighted by molar-refractivity contribution is -0.115. The second-order valence-corrected chi connectivity index (χ2v) is 5.35. The molecule has 0 spiro atoms. The Kier molecular flexibility index (Phi) is 6.36. The van der Waals surface area contributed by atoms with Crippen molar-refractivity contribution in [1.82, 2.24) is 4.98 Å². The van der Waals surface area contributed by atoms with Crippen LogP contribution in [0.15, 0.2) is 24.3 Å². The summed E-state index contributed by atoms with van der Waals surface area (Å²) in [4.78, 5) is 16.5. The summed E-state index contributed by atoms with van der Waals surface area (Å²) in [5, 5.41) is 21.0. The van der Waals surface area contributed by atoms with Gasteiger partial charge in [-0.15, -0.1) is 0 Å². The van der Waals surface area contributed by atoms with E-state index in [0.29, 0.717) is 23.5 Å². The van der Waals surface area contributed by atoms with Gasteiger partial charge in [0.2, 0.25) is 11.8 Å². The minimum Gasteiger partial charge on any atom is -0.496 e. The smallest absolute Gasteiger partial charge is 0.235 e. The van der Waals surface area contributed by atoms with Crippen LogP contribution in [0, 0.1) is 11.3 Å². The number of methoxy groups -OCH3 is 1. The first-order valence-electron chi connectivity index (χ1n) is 7.92. The highest BCUT2D eigenvalue weighted by molar-refractivity contribution is 5.92. The molecule has 1 heterocycles. The topological polar surface area (TPSA) is 130 Å². The first kappa shape index (κ1) is 19.0. The van der Waals surface area contributed by atoms with E-state index in [0.717, 1.165) is 0 Å². The maximum absolute atomic E-state index is 12.4. The highest BCUT2D eigenvalue weighted by Gasteiger charge is 2.15. The molecule has 8 heteroatoms. The van der Waals surface area contributed by atoms with Crippen molar-refractivity contribution in [3.8, 4) is 17.7 Å². The van der Waals surface area contributed by atoms with Crippen LogP contribution < -0.4 is 20.5 Å². The average molecular weight is 356 g/mol. The summed E-state index contributed by atoms with van der Waals surface area (Å²) >= 11 is 0. The molecule has 8 nitrogen and oxygen atoms in total. The molecule has 2 aromatic rings. The van der Waals surface area contributed by atoms with E-state index in [1.807, 2.05) is 6.07 Å². The van der Waals surface area contributed by atoms with Gasteiger partial charge in [-0.05, 0) is 24.6 Å². The Morgan fingerprint density at radius 3 is 2.81 bits per heavy atom. The summed E-state index contributed by atoms with van der Waals surface area (Å²) in [6.07, 6.45) is 0.0164. The van der Waals surface area contributed by atoms with Gasteiger partial charge in [-0.1, -0.05) is 6.07 Å². The number of nitrogen functional groups attached to an aromatic ring is 1. The molecule has 0 saturated carbocycles. The van der Waals surface area contributed by atoms with Gasteiger partial charge in [0.25, 0.3) is 0 Å². The Labute approximate surface area is 151 Å². The Morgan fingerprint density at radius 1 is 1.42 bits per heavy atom. The summed E-state index contributed by atoms with van der Waals surface area (Å²) in [6.45, 7) is 1.93. The van der Waals surface area contributed by atoms with Crippen LogP contribution in [0.1, 0.15) is 23.6 Å². The quantitative estimate of drug-likeness (QED) is 0.687. The van der Waals surface area contributed by atoms with Crippen molar-refractivity contribution in [3.63, 3.8) is 0 Å². The number of pyridine rings is 1. The number of benzene rings is 1. The molecule has 0 aliphatic rings. The standard InChI is InChI=1S/C18H20N4O4/c1-3-26-18-13(9-19)14(20)8-16(22-18)21-17(24)7-12-6-11(10-23)4-5-15(12)25-2/h4-6,8,23H,3,7,10H2,1-2H3,(H3,20,21,22,24). The van der Waals surface area contributed by atoms with Gasteiger partial charge in [0.05, 0.1) is 32.4 Å². The van der Waals surface area contributed by atoms with Gasteiger partial charge in [-0.25, -0.2) is 0 Å². The summed E-state index contributed by atoms with van der Waals surface area (Å²) < 4.78 is 10.5. The van der Waals surface area contributed by atoms with Crippen LogP contribution >= 0.6 is 0 Å². The van der Waals surface area contributed by atoms with E-state index < -0.39 is 0 Å². The molecular weight excluding hydrogens is 336 g/mol. The van der Waals surface area contributed by atoms with Gasteiger partial charge in [0.1, 0.15) is 23.2 Å². The zero-order valence-corrected chi connectivity index (χ0v) is 14.6. The van der Waals surface area contributed by atoms with E-state index in [-0.39, 0.29) is 41.9 Å². The van der Waals surface area contributed by atoms with Gasteiger partial charge in [0.15, 0.2) is 0 Å². The summed E-state index contributed by atoms with van der Waals surface area (Å²) in [7, 11) is 1.51. The fourth-order valence-corrected chi connectivity index (χ4v) is 2.39. The number of rotatable bonds is 7. The second kappa shape index (κ2) is 8.69. The summed E-state index contributed by atoms with van der Waals surface area (Å²) in [5.41, 5.74) is 7.43. The van der Waals surface area contributed by atoms with Crippen molar-refractivity contribution in [1.29, 1.82) is 5.26 Å². The third kappa shape index (κ3) is 4.40. The van der Waals surface area contributed by atoms with Crippen LogP contribution in [0.2, 0.25) is 0 Å². The predicted molar refractivity (Wildman–Crippen MR) is 95.8 cm³/mol. The molecule has 0 unspecified atom stereocenters. The van der Waals surface area contributed by atoms with E-state index in [2.05, 4.69) is 10.3 Å². The number of anilines is 2. The number of carbonyl (C=O) groups excluding carboxylic acids is 1. The van der Waals surface area contributed by atoms with Crippen LogP contribution in [-0.2, 0) is 17.8 Å². The van der Waals surface area contributed by atoms with Crippen LogP contribution in [0.4, 0.5) is 11.5 Å². The van der Waals surface area contributed by atoms with E-state index in [9.17, 15) is 9.90 Å². The van der Waals surface area contributed by atoms with Gasteiger partial charge in [-0.3, -0.25) is 4.79 Å². The molecule has 1 amide bonds. The SMILES string of the molecule is CCOc1nc(NC(=O)Cc2cc(CO)ccc2OC)cc(N)c1C#N. The van der Waals surface area contributed by atoms with Crippen molar-refractivity contribution in [2.75, 3.05) is 24.8 Å². The fourth-order valence-electron chi connectivity index (χ4n) is 2.39. The largest absolute Gasteiger partial charge is 0.496 e. The van der Waals surface area contributed by atoms with Crippen molar-refractivity contribution in [3.05, 3.63) is 41.0 Å². The number of nitrogens with zero attached hydrogens (tertiary/aromatic N) is 2. The van der Waals surface area contributed by atoms with Gasteiger partial charge < -0.3 is 25.6 Å². The Bertz CT molecular complexity index is 846. The third-order valence-electron chi connectivity index (χ3n) is 3.56. The Hall–Kier alpha value is -3.31. The van der Waals surface area contributed by atoms with Crippen molar-refractivity contribution in [2.24, 2.45) is 0 Å². The molecule has 0 atom stereocenters. The minimum absolute atomic E-state index is 0.0164. The number of hydrogen-bond acceptors (Lipinski definition) is 7. The number of nitrogens with one attached hydrogen (secondary N) is 1. The van der Waals surface area contributed by atoms with Gasteiger partial charge in [0, 0.05) is 11.6 Å². The fraction of sp³-hybridized carbons (Fsp3) is 0.278. The molecule has 2 rings (SSSR count). The van der Waals surface area contributed by atoms with E-state index in [1.54, 1.807) is 25.1 Å². The number of aliphatic hydroxyl groups excluding tert-OH is 1. The van der Waals surface area contributed by atoms with Crippen molar-refractivity contribution in [2.45, 2.75) is 20.0 Å². The molecule has 0 bridgehead atoms. The Morgan fingerprint density at radius 2 is 2.19 bits per heavy atom. The normalized spacial score (nSPS) is 10.1. The summed E-state index contributed by atoms with van der Waals surface area (Å²) in [5.74, 6) is 0.453. The number of carbonyl (C=O) groups is 1. The predicted octanol–water partition coefficient (Wildman–Crippen LogP) is 1.62. The monoisotopic (exact) mass is 356 g/mol. The van der Waals surface area contributed by atoms with Crippen LogP contribution in [-0.4, -0.2) is 29.7 Å². The maximum Gasteiger partial charge on any atom is 0.235 e. The zero-order valence-electron chi connectivity index (χ0n) is 14.6. The zero-order chi connectivity index (χ0) is 19.1. The molecule has 0 aliphatic heterocycles. The van der Waals surface area contributed by atoms with Gasteiger partial charge in [-0.2, -0.15) is 10.2 Å². The molecular formula is C18H20N4O4. The van der Waals surface area contributed by atoms with Crippen molar-refractivity contribution < 1.29 is 19.4 Å². The van der Waals surface area contributed by atoms with Crippen LogP contribution in [0.5, 0.6) is 11.6 Å². The highest BCUT2D eigenvalue weighted by Crippen LogP contribution is 2.26. The molecule has 0 aliphatic carbocycles.